The Bertz CT molecular complexity index is 570. The average molecular weight is 391 g/mol. The summed E-state index contributed by atoms with van der Waals surface area (Å²) < 4.78 is 46.3. The Morgan fingerprint density at radius 3 is 2.74 bits per heavy atom. The van der Waals surface area contributed by atoms with Gasteiger partial charge in [-0.2, -0.15) is 13.2 Å². The maximum absolute atomic E-state index is 12.2. The fourth-order valence-corrected chi connectivity index (χ4v) is 2.16. The maximum atomic E-state index is 12.2. The molecule has 0 saturated carbocycles. The summed E-state index contributed by atoms with van der Waals surface area (Å²) in [5.74, 6) is 0.544. The number of nitrogens with zero attached hydrogens (tertiary/aromatic N) is 3. The number of ether oxygens (including phenoxy) is 2. The van der Waals surface area contributed by atoms with E-state index in [0.717, 1.165) is 31.7 Å². The molecule has 0 aromatic carbocycles. The van der Waals surface area contributed by atoms with Gasteiger partial charge in [0.1, 0.15) is 0 Å². The Balaban J connectivity index is 2.35. The van der Waals surface area contributed by atoms with E-state index in [-0.39, 0.29) is 5.88 Å². The molecule has 0 aliphatic rings. The normalized spacial score (nSPS) is 12.3. The third-order valence-corrected chi connectivity index (χ3v) is 3.54. The first-order valence-electron chi connectivity index (χ1n) is 8.60. The van der Waals surface area contributed by atoms with E-state index >= 15 is 0 Å². The van der Waals surface area contributed by atoms with Crippen LogP contribution in [0.2, 0.25) is 0 Å². The van der Waals surface area contributed by atoms with Gasteiger partial charge in [-0.3, -0.25) is 4.99 Å². The molecule has 10 heteroatoms. The van der Waals surface area contributed by atoms with E-state index in [1.807, 2.05) is 7.05 Å². The summed E-state index contributed by atoms with van der Waals surface area (Å²) in [7, 11) is 5.38. The number of aromatic nitrogens is 1. The van der Waals surface area contributed by atoms with E-state index in [0.29, 0.717) is 19.0 Å². The van der Waals surface area contributed by atoms with Crippen LogP contribution in [0.25, 0.3) is 0 Å². The minimum atomic E-state index is -4.39. The molecule has 0 saturated heterocycles. The smallest absolute Gasteiger partial charge is 0.422 e. The molecular weight excluding hydrogens is 363 g/mol. The van der Waals surface area contributed by atoms with Gasteiger partial charge in [0.2, 0.25) is 5.88 Å². The molecule has 0 fully saturated rings. The number of alkyl halides is 3. The number of rotatable bonds is 11. The predicted octanol–water partition coefficient (Wildman–Crippen LogP) is 1.66. The van der Waals surface area contributed by atoms with E-state index in [1.165, 1.54) is 12.3 Å². The Labute approximate surface area is 158 Å². The van der Waals surface area contributed by atoms with Gasteiger partial charge >= 0.3 is 6.18 Å². The van der Waals surface area contributed by atoms with Gasteiger partial charge in [-0.1, -0.05) is 0 Å². The van der Waals surface area contributed by atoms with Crippen molar-refractivity contribution >= 4 is 5.96 Å². The molecule has 0 spiro atoms. The summed E-state index contributed by atoms with van der Waals surface area (Å²) in [6.07, 6.45) is -2.01. The van der Waals surface area contributed by atoms with Gasteiger partial charge in [0.05, 0.1) is 0 Å². The zero-order valence-corrected chi connectivity index (χ0v) is 16.0. The van der Waals surface area contributed by atoms with Crippen molar-refractivity contribution in [3.05, 3.63) is 23.9 Å². The second kappa shape index (κ2) is 12.3. The van der Waals surface area contributed by atoms with Crippen LogP contribution in [0.4, 0.5) is 13.2 Å². The number of pyridine rings is 1. The van der Waals surface area contributed by atoms with Crippen LogP contribution < -0.4 is 15.4 Å². The summed E-state index contributed by atoms with van der Waals surface area (Å²) >= 11 is 0. The van der Waals surface area contributed by atoms with Crippen LogP contribution in [0.5, 0.6) is 5.88 Å². The number of aliphatic imine (C=N–C) groups is 1. The molecule has 0 atom stereocenters. The maximum Gasteiger partial charge on any atom is 0.422 e. The van der Waals surface area contributed by atoms with Crippen molar-refractivity contribution in [1.29, 1.82) is 0 Å². The number of guanidine groups is 1. The van der Waals surface area contributed by atoms with Gasteiger partial charge in [-0.15, -0.1) is 0 Å². The molecule has 27 heavy (non-hydrogen) atoms. The fourth-order valence-electron chi connectivity index (χ4n) is 2.16. The summed E-state index contributed by atoms with van der Waals surface area (Å²) in [6.45, 7) is 2.25. The molecule has 0 bridgehead atoms. The number of halogens is 3. The average Bonchev–Trinajstić information content (AvgIpc) is 2.63. The van der Waals surface area contributed by atoms with E-state index in [9.17, 15) is 13.2 Å². The van der Waals surface area contributed by atoms with Crippen LogP contribution in [-0.4, -0.2) is 76.1 Å². The first-order chi connectivity index (χ1) is 12.8. The topological polar surface area (TPSA) is 71.0 Å². The number of hydrogen-bond donors (Lipinski definition) is 2. The lowest BCUT2D eigenvalue weighted by atomic mass is 10.2. The highest BCUT2D eigenvalue weighted by Crippen LogP contribution is 2.17. The molecule has 154 valence electrons. The number of hydrogen-bond acceptors (Lipinski definition) is 5. The third kappa shape index (κ3) is 11.3. The number of nitrogens with one attached hydrogen (secondary N) is 2. The van der Waals surface area contributed by atoms with Crippen molar-refractivity contribution in [2.24, 2.45) is 4.99 Å². The van der Waals surface area contributed by atoms with Gasteiger partial charge in [-0.05, 0) is 25.1 Å². The molecule has 1 aromatic heterocycles. The van der Waals surface area contributed by atoms with Crippen LogP contribution in [0.3, 0.4) is 0 Å². The van der Waals surface area contributed by atoms with Gasteiger partial charge in [0, 0.05) is 59.2 Å². The minimum Gasteiger partial charge on any atom is -0.468 e. The summed E-state index contributed by atoms with van der Waals surface area (Å²) in [5, 5.41) is 6.30. The second-order valence-corrected chi connectivity index (χ2v) is 5.91. The fraction of sp³-hybridized carbons (Fsp3) is 0.647. The molecule has 1 aromatic rings. The molecule has 1 heterocycles. The molecule has 0 unspecified atom stereocenters. The quantitative estimate of drug-likeness (QED) is 0.340. The van der Waals surface area contributed by atoms with Crippen molar-refractivity contribution in [3.8, 4) is 5.88 Å². The molecule has 2 N–H and O–H groups in total. The highest BCUT2D eigenvalue weighted by atomic mass is 19.4. The predicted molar refractivity (Wildman–Crippen MR) is 98.0 cm³/mol. The lowest BCUT2D eigenvalue weighted by Crippen LogP contribution is -2.40. The highest BCUT2D eigenvalue weighted by Gasteiger charge is 2.28. The minimum absolute atomic E-state index is 0.0627. The van der Waals surface area contributed by atoms with Crippen molar-refractivity contribution in [2.75, 3.05) is 54.1 Å². The van der Waals surface area contributed by atoms with E-state index in [2.05, 4.69) is 30.2 Å². The molecule has 0 aliphatic carbocycles. The van der Waals surface area contributed by atoms with E-state index < -0.39 is 12.8 Å². The van der Waals surface area contributed by atoms with E-state index in [1.54, 1.807) is 20.2 Å². The van der Waals surface area contributed by atoms with Gasteiger partial charge in [0.25, 0.3) is 0 Å². The Morgan fingerprint density at radius 2 is 2.07 bits per heavy atom. The summed E-state index contributed by atoms with van der Waals surface area (Å²) in [6, 6.07) is 3.17. The number of methoxy groups -OCH3 is 1. The van der Waals surface area contributed by atoms with Crippen molar-refractivity contribution in [3.63, 3.8) is 0 Å². The lowest BCUT2D eigenvalue weighted by molar-refractivity contribution is -0.154. The summed E-state index contributed by atoms with van der Waals surface area (Å²) in [4.78, 5) is 10.1. The summed E-state index contributed by atoms with van der Waals surface area (Å²) in [5.41, 5.74) is 0.738. The second-order valence-electron chi connectivity index (χ2n) is 5.91. The Kier molecular flexibility index (Phi) is 10.5. The molecular formula is C17H28F3N5O2. The van der Waals surface area contributed by atoms with Gasteiger partial charge in [0.15, 0.2) is 12.6 Å². The lowest BCUT2D eigenvalue weighted by Gasteiger charge is -2.18. The highest BCUT2D eigenvalue weighted by molar-refractivity contribution is 5.79. The van der Waals surface area contributed by atoms with Crippen LogP contribution >= 0.6 is 0 Å². The third-order valence-electron chi connectivity index (χ3n) is 3.54. The van der Waals surface area contributed by atoms with Crippen LogP contribution in [0.15, 0.2) is 23.3 Å². The molecule has 7 nitrogen and oxygen atoms in total. The van der Waals surface area contributed by atoms with Crippen molar-refractivity contribution in [2.45, 2.75) is 19.1 Å². The molecule has 0 aliphatic heterocycles. The van der Waals surface area contributed by atoms with Gasteiger partial charge in [-0.25, -0.2) is 4.98 Å². The van der Waals surface area contributed by atoms with Crippen LogP contribution in [-0.2, 0) is 11.3 Å². The largest absolute Gasteiger partial charge is 0.468 e. The van der Waals surface area contributed by atoms with Crippen molar-refractivity contribution < 1.29 is 22.6 Å². The Morgan fingerprint density at radius 1 is 1.30 bits per heavy atom. The van der Waals surface area contributed by atoms with Gasteiger partial charge < -0.3 is 25.0 Å². The SMILES string of the molecule is CN=C(NCCN(C)CCCOC)NCc1ccnc(OCC(F)(F)F)c1. The molecule has 0 amide bonds. The zero-order valence-electron chi connectivity index (χ0n) is 16.0. The monoisotopic (exact) mass is 391 g/mol. The van der Waals surface area contributed by atoms with Crippen LogP contribution in [0.1, 0.15) is 12.0 Å². The Hall–Kier alpha value is -2.07. The first kappa shape index (κ1) is 23.0. The molecule has 1 rings (SSSR count). The van der Waals surface area contributed by atoms with Crippen molar-refractivity contribution in [1.82, 2.24) is 20.5 Å². The number of likely N-dealkylation sites (N-methyl/N-ethyl adjacent to an activating group) is 1. The first-order valence-corrected chi connectivity index (χ1v) is 8.60. The zero-order chi connectivity index (χ0) is 20.1. The van der Waals surface area contributed by atoms with E-state index in [4.69, 9.17) is 4.74 Å². The molecule has 0 radical (unpaired) electrons. The van der Waals surface area contributed by atoms with Crippen LogP contribution in [0, 0.1) is 0 Å². The standard InChI is InChI=1S/C17H28F3N5O2/c1-21-16(23-7-9-25(2)8-4-10-26-3)24-12-14-5-6-22-15(11-14)27-13-17(18,19)20/h5-6,11H,4,7-10,12-13H2,1-3H3,(H2,21,23,24).